The van der Waals surface area contributed by atoms with Crippen LogP contribution in [-0.4, -0.2) is 15.9 Å². The Morgan fingerprint density at radius 3 is 2.63 bits per heavy atom. The Morgan fingerprint density at radius 1 is 1.26 bits per heavy atom. The molecule has 3 N–H and O–H groups in total. The van der Waals surface area contributed by atoms with Crippen LogP contribution in [0.1, 0.15) is 0 Å². The molecule has 0 aliphatic heterocycles. The molecule has 0 fully saturated rings. The van der Waals surface area contributed by atoms with E-state index in [-0.39, 0.29) is 17.6 Å². The van der Waals surface area contributed by atoms with Crippen molar-refractivity contribution in [1.29, 1.82) is 10.5 Å². The zero-order chi connectivity index (χ0) is 13.7. The predicted molar refractivity (Wildman–Crippen MR) is 66.4 cm³/mol. The van der Waals surface area contributed by atoms with Crippen LogP contribution in [0.3, 0.4) is 0 Å². The van der Waals surface area contributed by atoms with Gasteiger partial charge in [-0.25, -0.2) is 0 Å². The Bertz CT molecular complexity index is 688. The summed E-state index contributed by atoms with van der Waals surface area (Å²) in [6.07, 6.45) is 0. The molecule has 0 radical (unpaired) electrons. The van der Waals surface area contributed by atoms with E-state index >= 15 is 0 Å². The lowest BCUT2D eigenvalue weighted by Crippen LogP contribution is -1.97. The molecular weight excluding hydrogens is 246 g/mol. The zero-order valence-corrected chi connectivity index (χ0v) is 9.53. The lowest BCUT2D eigenvalue weighted by Gasteiger charge is -2.04. The molecule has 0 spiro atoms. The van der Waals surface area contributed by atoms with Crippen LogP contribution in [0.15, 0.2) is 33.8 Å². The minimum absolute atomic E-state index is 0.0527. The lowest BCUT2D eigenvalue weighted by atomic mass is 10.2. The normalized spacial score (nSPS) is 9.16. The van der Waals surface area contributed by atoms with Gasteiger partial charge in [-0.3, -0.25) is 5.43 Å². The summed E-state index contributed by atoms with van der Waals surface area (Å²) in [4.78, 5) is 0. The first-order valence-electron chi connectivity index (χ1n) is 5.07. The monoisotopic (exact) mass is 253 g/mol. The van der Waals surface area contributed by atoms with Gasteiger partial charge in [-0.2, -0.15) is 15.6 Å². The second kappa shape index (κ2) is 5.29. The number of para-hydroxylation sites is 1. The fourth-order valence-corrected chi connectivity index (χ4v) is 1.30. The van der Waals surface area contributed by atoms with Crippen LogP contribution in [0.4, 0.5) is 11.7 Å². The van der Waals surface area contributed by atoms with Gasteiger partial charge in [0.25, 0.3) is 5.89 Å². The summed E-state index contributed by atoms with van der Waals surface area (Å²) in [6.45, 7) is 0. The van der Waals surface area contributed by atoms with E-state index < -0.39 is 0 Å². The van der Waals surface area contributed by atoms with Gasteiger partial charge in [0, 0.05) is 0 Å². The van der Waals surface area contributed by atoms with E-state index in [1.807, 2.05) is 0 Å². The average molecular weight is 253 g/mol. The molecule has 2 rings (SSSR count). The van der Waals surface area contributed by atoms with Crippen molar-refractivity contribution < 1.29 is 4.42 Å². The van der Waals surface area contributed by atoms with Crippen LogP contribution in [-0.2, 0) is 0 Å². The van der Waals surface area contributed by atoms with Gasteiger partial charge in [0.2, 0.25) is 5.71 Å². The number of nitrogen functional groups attached to an aromatic ring is 1. The van der Waals surface area contributed by atoms with Crippen molar-refractivity contribution in [1.82, 2.24) is 10.2 Å². The number of hydrogen-bond donors (Lipinski definition) is 2. The molecule has 19 heavy (non-hydrogen) atoms. The topological polar surface area (TPSA) is 137 Å². The molecule has 2 aromatic rings. The Kier molecular flexibility index (Phi) is 3.36. The maximum absolute atomic E-state index is 8.59. The predicted octanol–water partition coefficient (Wildman–Crippen LogP) is 1.13. The van der Waals surface area contributed by atoms with E-state index in [0.29, 0.717) is 11.3 Å². The van der Waals surface area contributed by atoms with Gasteiger partial charge in [0.05, 0.1) is 11.3 Å². The third-order valence-electron chi connectivity index (χ3n) is 2.10. The molecule has 1 aromatic heterocycles. The first-order valence-corrected chi connectivity index (χ1v) is 5.07. The highest BCUT2D eigenvalue weighted by Gasteiger charge is 2.10. The third-order valence-corrected chi connectivity index (χ3v) is 2.10. The highest BCUT2D eigenvalue weighted by molar-refractivity contribution is 6.10. The van der Waals surface area contributed by atoms with E-state index in [4.69, 9.17) is 20.7 Å². The number of nitrogens with one attached hydrogen (secondary N) is 1. The summed E-state index contributed by atoms with van der Waals surface area (Å²) in [6, 6.07) is 10.1. The number of nitrogens with zero attached hydrogens (tertiary/aromatic N) is 5. The van der Waals surface area contributed by atoms with E-state index in [1.54, 1.807) is 36.4 Å². The number of nitrogens with two attached hydrogens (primary N) is 1. The summed E-state index contributed by atoms with van der Waals surface area (Å²) in [7, 11) is 0. The number of hydrazone groups is 1. The second-order valence-electron chi connectivity index (χ2n) is 3.29. The molecule has 1 heterocycles. The molecule has 0 unspecified atom stereocenters. The first kappa shape index (κ1) is 12.1. The molecule has 1 aromatic carbocycles. The van der Waals surface area contributed by atoms with Gasteiger partial charge in [-0.1, -0.05) is 17.2 Å². The van der Waals surface area contributed by atoms with Crippen LogP contribution < -0.4 is 11.2 Å². The van der Waals surface area contributed by atoms with E-state index in [2.05, 4.69) is 20.7 Å². The number of anilines is 2. The van der Waals surface area contributed by atoms with Crippen molar-refractivity contribution in [2.24, 2.45) is 5.10 Å². The van der Waals surface area contributed by atoms with Crippen LogP contribution in [0, 0.1) is 22.7 Å². The molecule has 0 amide bonds. The fraction of sp³-hybridized carbons (Fsp3) is 0. The minimum Gasteiger partial charge on any atom is -0.403 e. The SMILES string of the molecule is N#CC(C#N)=NNc1ccccc1-c1nnc(N)o1. The molecule has 0 aliphatic rings. The van der Waals surface area contributed by atoms with E-state index in [0.717, 1.165) is 0 Å². The Labute approximate surface area is 107 Å². The summed E-state index contributed by atoms with van der Waals surface area (Å²) in [5, 5.41) is 28.1. The van der Waals surface area contributed by atoms with Crippen molar-refractivity contribution in [3.8, 4) is 23.6 Å². The maximum Gasteiger partial charge on any atom is 0.313 e. The first-order chi connectivity index (χ1) is 9.24. The molecule has 0 atom stereocenters. The highest BCUT2D eigenvalue weighted by atomic mass is 16.4. The molecule has 0 bridgehead atoms. The van der Waals surface area contributed by atoms with Gasteiger partial charge in [-0.15, -0.1) is 5.10 Å². The van der Waals surface area contributed by atoms with Gasteiger partial charge in [0.1, 0.15) is 12.1 Å². The van der Waals surface area contributed by atoms with Gasteiger partial charge < -0.3 is 10.2 Å². The third kappa shape index (κ3) is 2.65. The summed E-state index contributed by atoms with van der Waals surface area (Å²) < 4.78 is 5.11. The average Bonchev–Trinajstić information content (AvgIpc) is 2.87. The molecule has 8 heteroatoms. The van der Waals surface area contributed by atoms with Crippen molar-refractivity contribution >= 4 is 17.4 Å². The molecule has 0 saturated carbocycles. The Hall–Kier alpha value is -3.39. The van der Waals surface area contributed by atoms with Crippen LogP contribution in [0.25, 0.3) is 11.5 Å². The highest BCUT2D eigenvalue weighted by Crippen LogP contribution is 2.26. The number of aromatic nitrogens is 2. The van der Waals surface area contributed by atoms with Crippen molar-refractivity contribution in [3.63, 3.8) is 0 Å². The lowest BCUT2D eigenvalue weighted by molar-refractivity contribution is 0.590. The van der Waals surface area contributed by atoms with Gasteiger partial charge in [-0.05, 0) is 12.1 Å². The van der Waals surface area contributed by atoms with E-state index in [9.17, 15) is 0 Å². The summed E-state index contributed by atoms with van der Waals surface area (Å²) in [5.41, 5.74) is 8.73. The zero-order valence-electron chi connectivity index (χ0n) is 9.53. The molecular formula is C11H7N7O. The van der Waals surface area contributed by atoms with Crippen LogP contribution in [0.5, 0.6) is 0 Å². The quantitative estimate of drug-likeness (QED) is 0.617. The van der Waals surface area contributed by atoms with Crippen LogP contribution >= 0.6 is 0 Å². The maximum atomic E-state index is 8.59. The molecule has 8 nitrogen and oxygen atoms in total. The van der Waals surface area contributed by atoms with Crippen molar-refractivity contribution in [3.05, 3.63) is 24.3 Å². The summed E-state index contributed by atoms with van der Waals surface area (Å²) >= 11 is 0. The standard InChI is InChI=1S/C11H7N7O/c12-5-7(6-13)15-16-9-4-2-1-3-8(9)10-17-18-11(14)19-10/h1-4,16H,(H2,14,18). The molecule has 0 saturated heterocycles. The number of benzene rings is 1. The smallest absolute Gasteiger partial charge is 0.313 e. The largest absolute Gasteiger partial charge is 0.403 e. The Morgan fingerprint density at radius 2 is 2.00 bits per heavy atom. The number of hydrogen-bond acceptors (Lipinski definition) is 8. The number of rotatable bonds is 3. The van der Waals surface area contributed by atoms with Crippen molar-refractivity contribution in [2.75, 3.05) is 11.2 Å². The minimum atomic E-state index is -0.292. The fourth-order valence-electron chi connectivity index (χ4n) is 1.30. The van der Waals surface area contributed by atoms with Gasteiger partial charge >= 0.3 is 6.01 Å². The van der Waals surface area contributed by atoms with Crippen molar-refractivity contribution in [2.45, 2.75) is 0 Å². The van der Waals surface area contributed by atoms with E-state index in [1.165, 1.54) is 0 Å². The number of nitriles is 2. The molecule has 0 aliphatic carbocycles. The Balaban J connectivity index is 2.36. The molecule has 92 valence electrons. The van der Waals surface area contributed by atoms with Gasteiger partial charge in [0.15, 0.2) is 0 Å². The second-order valence-corrected chi connectivity index (χ2v) is 3.29. The summed E-state index contributed by atoms with van der Waals surface area (Å²) in [5.74, 6) is 0.214. The van der Waals surface area contributed by atoms with Crippen LogP contribution in [0.2, 0.25) is 0 Å².